The summed E-state index contributed by atoms with van der Waals surface area (Å²) in [6.45, 7) is 6.47. The van der Waals surface area contributed by atoms with Crippen LogP contribution in [0.2, 0.25) is 0 Å². The first kappa shape index (κ1) is 20.0. The molecule has 1 atom stereocenters. The van der Waals surface area contributed by atoms with Gasteiger partial charge in [0.15, 0.2) is 11.5 Å². The number of ether oxygens (including phenoxy) is 2. The van der Waals surface area contributed by atoms with Crippen molar-refractivity contribution in [2.75, 3.05) is 13.2 Å². The zero-order valence-electron chi connectivity index (χ0n) is 17.5. The van der Waals surface area contributed by atoms with Gasteiger partial charge in [-0.3, -0.25) is 9.59 Å². The van der Waals surface area contributed by atoms with Gasteiger partial charge in [-0.05, 0) is 48.7 Å². The van der Waals surface area contributed by atoms with E-state index in [0.29, 0.717) is 19.0 Å². The minimum atomic E-state index is -0.613. The molecule has 0 aromatic heterocycles. The average molecular weight is 406 g/mol. The molecule has 2 aliphatic heterocycles. The van der Waals surface area contributed by atoms with Gasteiger partial charge in [-0.25, -0.2) is 0 Å². The standard InChI is InChI=1S/C24H26N2O4/c1-16(27)26-11-10-17-6-4-5-7-19(17)20(26)15-23(28)25-24(2,3)18-8-9-21-22(14-18)30-13-12-29-21/h4-11,14,20H,12-13,15H2,1-3H3,(H,25,28). The van der Waals surface area contributed by atoms with Crippen LogP contribution in [0, 0.1) is 0 Å². The molecule has 4 rings (SSSR count). The molecule has 30 heavy (non-hydrogen) atoms. The second-order valence-electron chi connectivity index (χ2n) is 8.12. The first-order valence-corrected chi connectivity index (χ1v) is 10.1. The number of amides is 2. The number of hydrogen-bond acceptors (Lipinski definition) is 4. The summed E-state index contributed by atoms with van der Waals surface area (Å²) >= 11 is 0. The number of hydrogen-bond donors (Lipinski definition) is 1. The van der Waals surface area contributed by atoms with Crippen LogP contribution < -0.4 is 14.8 Å². The van der Waals surface area contributed by atoms with Crippen molar-refractivity contribution in [3.8, 4) is 11.5 Å². The predicted octanol–water partition coefficient (Wildman–Crippen LogP) is 3.77. The predicted molar refractivity (Wildman–Crippen MR) is 114 cm³/mol. The second kappa shape index (κ2) is 7.86. The van der Waals surface area contributed by atoms with E-state index < -0.39 is 5.54 Å². The zero-order valence-corrected chi connectivity index (χ0v) is 17.5. The van der Waals surface area contributed by atoms with Crippen molar-refractivity contribution < 1.29 is 19.1 Å². The molecule has 156 valence electrons. The number of rotatable bonds is 4. The highest BCUT2D eigenvalue weighted by Crippen LogP contribution is 2.36. The van der Waals surface area contributed by atoms with E-state index >= 15 is 0 Å². The lowest BCUT2D eigenvalue weighted by atomic mass is 9.91. The Morgan fingerprint density at radius 3 is 2.60 bits per heavy atom. The van der Waals surface area contributed by atoms with Crippen LogP contribution in [-0.4, -0.2) is 29.9 Å². The molecule has 1 unspecified atom stereocenters. The maximum atomic E-state index is 13.0. The van der Waals surface area contributed by atoms with E-state index in [1.54, 1.807) is 11.1 Å². The molecular formula is C24H26N2O4. The van der Waals surface area contributed by atoms with Crippen LogP contribution in [0.15, 0.2) is 48.7 Å². The lowest BCUT2D eigenvalue weighted by Crippen LogP contribution is -2.43. The Labute approximate surface area is 176 Å². The van der Waals surface area contributed by atoms with Gasteiger partial charge in [0.05, 0.1) is 18.0 Å². The molecule has 0 saturated heterocycles. The summed E-state index contributed by atoms with van der Waals surface area (Å²) in [7, 11) is 0. The fraction of sp³-hybridized carbons (Fsp3) is 0.333. The number of nitrogens with one attached hydrogen (secondary N) is 1. The summed E-state index contributed by atoms with van der Waals surface area (Å²) in [5, 5.41) is 3.12. The van der Waals surface area contributed by atoms with Gasteiger partial charge in [-0.15, -0.1) is 0 Å². The zero-order chi connectivity index (χ0) is 21.3. The monoisotopic (exact) mass is 406 g/mol. The largest absolute Gasteiger partial charge is 0.486 e. The summed E-state index contributed by atoms with van der Waals surface area (Å²) in [5.41, 5.74) is 2.31. The lowest BCUT2D eigenvalue weighted by molar-refractivity contribution is -0.130. The molecule has 0 aliphatic carbocycles. The summed E-state index contributed by atoms with van der Waals surface area (Å²) in [5.74, 6) is 1.19. The van der Waals surface area contributed by atoms with Crippen LogP contribution in [-0.2, 0) is 15.1 Å². The van der Waals surface area contributed by atoms with E-state index in [4.69, 9.17) is 9.47 Å². The number of nitrogens with zero attached hydrogens (tertiary/aromatic N) is 1. The molecule has 2 amide bonds. The minimum Gasteiger partial charge on any atom is -0.486 e. The molecule has 2 heterocycles. The highest BCUT2D eigenvalue weighted by Gasteiger charge is 2.31. The van der Waals surface area contributed by atoms with E-state index in [2.05, 4.69) is 5.32 Å². The van der Waals surface area contributed by atoms with Crippen molar-refractivity contribution in [2.45, 2.75) is 38.8 Å². The van der Waals surface area contributed by atoms with Gasteiger partial charge in [0.2, 0.25) is 11.8 Å². The van der Waals surface area contributed by atoms with E-state index in [1.807, 2.05) is 62.4 Å². The van der Waals surface area contributed by atoms with Gasteiger partial charge in [0.25, 0.3) is 0 Å². The summed E-state index contributed by atoms with van der Waals surface area (Å²) in [6, 6.07) is 13.2. The fourth-order valence-corrected chi connectivity index (χ4v) is 3.99. The van der Waals surface area contributed by atoms with Gasteiger partial charge in [0, 0.05) is 13.1 Å². The topological polar surface area (TPSA) is 67.9 Å². The Morgan fingerprint density at radius 2 is 1.83 bits per heavy atom. The maximum Gasteiger partial charge on any atom is 0.223 e. The molecule has 0 bridgehead atoms. The second-order valence-corrected chi connectivity index (χ2v) is 8.12. The average Bonchev–Trinajstić information content (AvgIpc) is 2.73. The number of carbonyl (C=O) groups is 2. The van der Waals surface area contributed by atoms with Crippen LogP contribution in [0.3, 0.4) is 0 Å². The molecular weight excluding hydrogens is 380 g/mol. The Bertz CT molecular complexity index is 1010. The molecule has 2 aliphatic rings. The van der Waals surface area contributed by atoms with Gasteiger partial charge >= 0.3 is 0 Å². The Balaban J connectivity index is 1.53. The quantitative estimate of drug-likeness (QED) is 0.839. The number of carbonyl (C=O) groups excluding carboxylic acids is 2. The summed E-state index contributed by atoms with van der Waals surface area (Å²) in [6.07, 6.45) is 3.84. The Hall–Kier alpha value is -3.28. The van der Waals surface area contributed by atoms with Gasteiger partial charge in [-0.2, -0.15) is 0 Å². The van der Waals surface area contributed by atoms with Crippen LogP contribution in [0.25, 0.3) is 6.08 Å². The van der Waals surface area contributed by atoms with Crippen LogP contribution >= 0.6 is 0 Å². The molecule has 6 heteroatoms. The fourth-order valence-electron chi connectivity index (χ4n) is 3.99. The van der Waals surface area contributed by atoms with Crippen molar-refractivity contribution in [1.29, 1.82) is 0 Å². The van der Waals surface area contributed by atoms with E-state index in [9.17, 15) is 9.59 Å². The van der Waals surface area contributed by atoms with Crippen LogP contribution in [0.4, 0.5) is 0 Å². The highest BCUT2D eigenvalue weighted by atomic mass is 16.6. The smallest absolute Gasteiger partial charge is 0.223 e. The van der Waals surface area contributed by atoms with Crippen molar-refractivity contribution >= 4 is 17.9 Å². The first-order valence-electron chi connectivity index (χ1n) is 10.1. The molecule has 1 N–H and O–H groups in total. The highest BCUT2D eigenvalue weighted by molar-refractivity contribution is 5.82. The first-order chi connectivity index (χ1) is 14.3. The van der Waals surface area contributed by atoms with Gasteiger partial charge < -0.3 is 19.7 Å². The molecule has 0 spiro atoms. The van der Waals surface area contributed by atoms with Crippen molar-refractivity contribution in [3.63, 3.8) is 0 Å². The number of benzene rings is 2. The molecule has 0 fully saturated rings. The van der Waals surface area contributed by atoms with E-state index in [-0.39, 0.29) is 24.3 Å². The Morgan fingerprint density at radius 1 is 1.10 bits per heavy atom. The minimum absolute atomic E-state index is 0.0929. The molecule has 6 nitrogen and oxygen atoms in total. The van der Waals surface area contributed by atoms with Gasteiger partial charge in [0.1, 0.15) is 13.2 Å². The third-order valence-corrected chi connectivity index (χ3v) is 5.56. The summed E-state index contributed by atoms with van der Waals surface area (Å²) in [4.78, 5) is 26.8. The van der Waals surface area contributed by atoms with Crippen molar-refractivity contribution in [3.05, 3.63) is 65.4 Å². The van der Waals surface area contributed by atoms with Crippen molar-refractivity contribution in [2.24, 2.45) is 0 Å². The SMILES string of the molecule is CC(=O)N1C=Cc2ccccc2C1CC(=O)NC(C)(C)c1ccc2c(c1)OCCO2. The van der Waals surface area contributed by atoms with Crippen molar-refractivity contribution in [1.82, 2.24) is 10.2 Å². The molecule has 2 aromatic carbocycles. The lowest BCUT2D eigenvalue weighted by Gasteiger charge is -2.34. The number of fused-ring (bicyclic) bond motifs is 2. The van der Waals surface area contributed by atoms with E-state index in [1.165, 1.54) is 6.92 Å². The van der Waals surface area contributed by atoms with E-state index in [0.717, 1.165) is 22.4 Å². The van der Waals surface area contributed by atoms with Gasteiger partial charge in [-0.1, -0.05) is 30.3 Å². The maximum absolute atomic E-state index is 13.0. The summed E-state index contributed by atoms with van der Waals surface area (Å²) < 4.78 is 11.3. The third kappa shape index (κ3) is 3.90. The van der Waals surface area contributed by atoms with Crippen LogP contribution in [0.1, 0.15) is 49.9 Å². The normalized spacial score (nSPS) is 17.3. The molecule has 0 saturated carbocycles. The third-order valence-electron chi connectivity index (χ3n) is 5.56. The molecule has 0 radical (unpaired) electrons. The Kier molecular flexibility index (Phi) is 5.24. The molecule has 2 aromatic rings. The van der Waals surface area contributed by atoms with Crippen LogP contribution in [0.5, 0.6) is 11.5 Å².